The van der Waals surface area contributed by atoms with Crippen LogP contribution >= 0.6 is 0 Å². The molecule has 1 aliphatic carbocycles. The number of aromatic nitrogens is 1. The summed E-state index contributed by atoms with van der Waals surface area (Å²) in [6.07, 6.45) is 4.69. The van der Waals surface area contributed by atoms with Gasteiger partial charge in [-0.05, 0) is 52.7 Å². The predicted molar refractivity (Wildman–Crippen MR) is 68.4 cm³/mol. The van der Waals surface area contributed by atoms with E-state index in [-0.39, 0.29) is 18.3 Å². The highest BCUT2D eigenvalue weighted by atomic mass is 16.7. The van der Waals surface area contributed by atoms with Gasteiger partial charge in [0, 0.05) is 17.8 Å². The predicted octanol–water partition coefficient (Wildman–Crippen LogP) is 2.12. The number of hydrogen-bond acceptors (Lipinski definition) is 2. The van der Waals surface area contributed by atoms with Gasteiger partial charge in [-0.25, -0.2) is 0 Å². The molecule has 1 aliphatic heterocycles. The lowest BCUT2D eigenvalue weighted by atomic mass is 9.84. The van der Waals surface area contributed by atoms with Gasteiger partial charge < -0.3 is 13.9 Å². The molecule has 1 saturated carbocycles. The molecule has 0 atom stereocenters. The van der Waals surface area contributed by atoms with Gasteiger partial charge in [0.25, 0.3) is 0 Å². The van der Waals surface area contributed by atoms with E-state index in [0.717, 1.165) is 5.59 Å². The molecule has 3 nitrogen and oxygen atoms in total. The van der Waals surface area contributed by atoms with Crippen molar-refractivity contribution < 1.29 is 9.31 Å². The Kier molecular flexibility index (Phi) is 2.27. The van der Waals surface area contributed by atoms with Crippen LogP contribution < -0.4 is 5.59 Å². The molecule has 1 aromatic rings. The van der Waals surface area contributed by atoms with Crippen LogP contribution in [0.4, 0.5) is 0 Å². The van der Waals surface area contributed by atoms with Crippen molar-refractivity contribution in [3.8, 4) is 0 Å². The van der Waals surface area contributed by atoms with Gasteiger partial charge in [0.1, 0.15) is 0 Å². The molecule has 2 fully saturated rings. The summed E-state index contributed by atoms with van der Waals surface area (Å²) in [5, 5.41) is 0. The van der Waals surface area contributed by atoms with E-state index in [1.807, 2.05) is 0 Å². The highest BCUT2D eigenvalue weighted by Gasteiger charge is 2.52. The first kappa shape index (κ1) is 11.4. The minimum Gasteiger partial charge on any atom is -0.398 e. The zero-order valence-corrected chi connectivity index (χ0v) is 11.1. The van der Waals surface area contributed by atoms with Gasteiger partial charge in [-0.15, -0.1) is 0 Å². The Bertz CT molecular complexity index is 418. The topological polar surface area (TPSA) is 23.4 Å². The van der Waals surface area contributed by atoms with Crippen LogP contribution in [0.2, 0.25) is 0 Å². The third-order valence-corrected chi connectivity index (χ3v) is 4.25. The summed E-state index contributed by atoms with van der Waals surface area (Å²) in [5.74, 6) is 0. The van der Waals surface area contributed by atoms with Crippen molar-refractivity contribution >= 4 is 12.7 Å². The molecular formula is C13H20BNO2. The fourth-order valence-corrected chi connectivity index (χ4v) is 2.26. The maximum Gasteiger partial charge on any atom is 0.512 e. The van der Waals surface area contributed by atoms with E-state index >= 15 is 0 Å². The van der Waals surface area contributed by atoms with E-state index in [1.165, 1.54) is 12.8 Å². The maximum absolute atomic E-state index is 6.08. The molecule has 0 aromatic carbocycles. The van der Waals surface area contributed by atoms with E-state index in [9.17, 15) is 0 Å². The first-order valence-corrected chi connectivity index (χ1v) is 6.43. The van der Waals surface area contributed by atoms with E-state index in [2.05, 4.69) is 50.6 Å². The quantitative estimate of drug-likeness (QED) is 0.730. The van der Waals surface area contributed by atoms with E-state index in [0.29, 0.717) is 6.04 Å². The molecule has 1 aromatic heterocycles. The zero-order chi connectivity index (χ0) is 12.3. The lowest BCUT2D eigenvalue weighted by Crippen LogP contribution is -2.41. The summed E-state index contributed by atoms with van der Waals surface area (Å²) < 4.78 is 14.5. The van der Waals surface area contributed by atoms with Gasteiger partial charge in [0.15, 0.2) is 0 Å². The fourth-order valence-electron chi connectivity index (χ4n) is 2.26. The lowest BCUT2D eigenvalue weighted by Gasteiger charge is -2.32. The Morgan fingerprint density at radius 2 is 1.76 bits per heavy atom. The monoisotopic (exact) mass is 233 g/mol. The van der Waals surface area contributed by atoms with Crippen LogP contribution in [0.5, 0.6) is 0 Å². The van der Waals surface area contributed by atoms with E-state index < -0.39 is 0 Å². The summed E-state index contributed by atoms with van der Waals surface area (Å²) in [7, 11) is -0.226. The van der Waals surface area contributed by atoms with Crippen molar-refractivity contribution in [2.24, 2.45) is 0 Å². The molecule has 17 heavy (non-hydrogen) atoms. The van der Waals surface area contributed by atoms with Crippen LogP contribution in [0.15, 0.2) is 18.3 Å². The molecule has 0 unspecified atom stereocenters. The summed E-state index contributed by atoms with van der Waals surface area (Å²) >= 11 is 0. The molecule has 2 heterocycles. The number of rotatable bonds is 2. The van der Waals surface area contributed by atoms with Crippen molar-refractivity contribution in [1.29, 1.82) is 0 Å². The highest BCUT2D eigenvalue weighted by Crippen LogP contribution is 2.38. The molecule has 0 N–H and O–H groups in total. The van der Waals surface area contributed by atoms with Gasteiger partial charge in [-0.2, -0.15) is 0 Å². The second-order valence-corrected chi connectivity index (χ2v) is 6.16. The zero-order valence-electron chi connectivity index (χ0n) is 11.1. The largest absolute Gasteiger partial charge is 0.512 e. The molecule has 2 aliphatic rings. The van der Waals surface area contributed by atoms with Crippen LogP contribution in [0.1, 0.15) is 46.6 Å². The van der Waals surface area contributed by atoms with Gasteiger partial charge in [0.05, 0.1) is 11.2 Å². The second kappa shape index (κ2) is 3.39. The summed E-state index contributed by atoms with van der Waals surface area (Å²) in [6.45, 7) is 8.38. The summed E-state index contributed by atoms with van der Waals surface area (Å²) in [5.41, 5.74) is 0.651. The van der Waals surface area contributed by atoms with Crippen LogP contribution in [-0.4, -0.2) is 22.9 Å². The highest BCUT2D eigenvalue weighted by molar-refractivity contribution is 6.61. The second-order valence-electron chi connectivity index (χ2n) is 6.16. The maximum atomic E-state index is 6.08. The molecule has 0 bridgehead atoms. The van der Waals surface area contributed by atoms with Crippen LogP contribution in [0.3, 0.4) is 0 Å². The summed E-state index contributed by atoms with van der Waals surface area (Å²) in [6, 6.07) is 4.86. The van der Waals surface area contributed by atoms with Crippen molar-refractivity contribution in [3.05, 3.63) is 18.3 Å². The van der Waals surface area contributed by atoms with Gasteiger partial charge in [0.2, 0.25) is 0 Å². The van der Waals surface area contributed by atoms with Gasteiger partial charge >= 0.3 is 7.12 Å². The molecular weight excluding hydrogens is 213 g/mol. The number of nitrogens with zero attached hydrogens (tertiary/aromatic N) is 1. The Hall–Kier alpha value is -0.735. The molecule has 0 radical (unpaired) electrons. The first-order chi connectivity index (χ1) is 7.91. The Balaban J connectivity index is 1.89. The molecule has 0 amide bonds. The minimum atomic E-state index is -0.254. The van der Waals surface area contributed by atoms with Crippen LogP contribution in [-0.2, 0) is 9.31 Å². The van der Waals surface area contributed by atoms with Crippen LogP contribution in [0, 0.1) is 0 Å². The van der Waals surface area contributed by atoms with E-state index in [1.54, 1.807) is 0 Å². The standard InChI is InChI=1S/C13H20BNO2/c1-12(2)13(3,4)17-14(16-12)11-6-5-9-15(11)10-7-8-10/h5-6,9-10H,7-8H2,1-4H3. The summed E-state index contributed by atoms with van der Waals surface area (Å²) in [4.78, 5) is 0. The van der Waals surface area contributed by atoms with Gasteiger partial charge in [-0.1, -0.05) is 0 Å². The number of hydrogen-bond donors (Lipinski definition) is 0. The fraction of sp³-hybridized carbons (Fsp3) is 0.692. The normalized spacial score (nSPS) is 26.5. The molecule has 4 heteroatoms. The Labute approximate surface area is 103 Å². The smallest absolute Gasteiger partial charge is 0.398 e. The first-order valence-electron chi connectivity index (χ1n) is 6.43. The molecule has 3 rings (SSSR count). The average molecular weight is 233 g/mol. The third-order valence-electron chi connectivity index (χ3n) is 4.25. The molecule has 0 spiro atoms. The van der Waals surface area contributed by atoms with Crippen molar-refractivity contribution in [2.75, 3.05) is 0 Å². The minimum absolute atomic E-state index is 0.226. The Morgan fingerprint density at radius 3 is 2.29 bits per heavy atom. The van der Waals surface area contributed by atoms with Crippen molar-refractivity contribution in [1.82, 2.24) is 4.57 Å². The molecule has 92 valence electrons. The lowest BCUT2D eigenvalue weighted by molar-refractivity contribution is 0.00578. The average Bonchev–Trinajstić information content (AvgIpc) is 2.88. The molecule has 1 saturated heterocycles. The van der Waals surface area contributed by atoms with E-state index in [4.69, 9.17) is 9.31 Å². The third kappa shape index (κ3) is 1.74. The SMILES string of the molecule is CC1(C)OB(c2cccn2C2CC2)OC1(C)C. The van der Waals surface area contributed by atoms with Crippen molar-refractivity contribution in [3.63, 3.8) is 0 Å². The van der Waals surface area contributed by atoms with Crippen LogP contribution in [0.25, 0.3) is 0 Å². The van der Waals surface area contributed by atoms with Gasteiger partial charge in [-0.3, -0.25) is 0 Å². The van der Waals surface area contributed by atoms with Crippen molar-refractivity contribution in [2.45, 2.75) is 57.8 Å². The Morgan fingerprint density at radius 1 is 1.18 bits per heavy atom.